The summed E-state index contributed by atoms with van der Waals surface area (Å²) in [5.74, 6) is 0.914. The summed E-state index contributed by atoms with van der Waals surface area (Å²) >= 11 is 0. The minimum absolute atomic E-state index is 0.288. The van der Waals surface area contributed by atoms with E-state index >= 15 is 0 Å². The molecule has 1 fully saturated rings. The maximum atomic E-state index is 12.2. The highest BCUT2D eigenvalue weighted by atomic mass is 16.6. The number of carbonyl (C=O) groups excluding carboxylic acids is 2. The predicted molar refractivity (Wildman–Crippen MR) is 132 cm³/mol. The Morgan fingerprint density at radius 3 is 2.85 bits per heavy atom. The molecule has 2 amide bonds. The molecule has 1 saturated heterocycles. The molecular formula is C26H42N4O3. The zero-order chi connectivity index (χ0) is 23.5. The van der Waals surface area contributed by atoms with Crippen molar-refractivity contribution in [1.29, 1.82) is 0 Å². The first-order valence-corrected chi connectivity index (χ1v) is 12.9. The van der Waals surface area contributed by atoms with Gasteiger partial charge in [0.25, 0.3) is 0 Å². The molecule has 0 saturated carbocycles. The molecule has 0 aromatic heterocycles. The van der Waals surface area contributed by atoms with E-state index < -0.39 is 0 Å². The fourth-order valence-corrected chi connectivity index (χ4v) is 4.89. The van der Waals surface area contributed by atoms with Crippen molar-refractivity contribution in [3.8, 4) is 5.75 Å². The first-order chi connectivity index (χ1) is 16.1. The van der Waals surface area contributed by atoms with Crippen LogP contribution in [-0.2, 0) is 17.6 Å². The van der Waals surface area contributed by atoms with Crippen molar-refractivity contribution in [2.24, 2.45) is 0 Å². The average Bonchev–Trinajstić information content (AvgIpc) is 3.03. The van der Waals surface area contributed by atoms with Gasteiger partial charge in [-0.3, -0.25) is 4.79 Å². The molecule has 1 atom stereocenters. The number of rotatable bonds is 11. The van der Waals surface area contributed by atoms with Crippen LogP contribution in [0.15, 0.2) is 18.2 Å². The summed E-state index contributed by atoms with van der Waals surface area (Å²) in [7, 11) is 0. The Labute approximate surface area is 199 Å². The Bertz CT molecular complexity index is 770. The number of nitrogens with one attached hydrogen (secondary N) is 2. The number of unbranched alkanes of at least 4 members (excludes halogenated alkanes) is 1. The van der Waals surface area contributed by atoms with Crippen molar-refractivity contribution < 1.29 is 14.3 Å². The fraction of sp³-hybridized carbons (Fsp3) is 0.692. The molecule has 33 heavy (non-hydrogen) atoms. The lowest BCUT2D eigenvalue weighted by Crippen LogP contribution is -2.41. The van der Waals surface area contributed by atoms with Gasteiger partial charge in [0.05, 0.1) is 0 Å². The van der Waals surface area contributed by atoms with Gasteiger partial charge in [0.2, 0.25) is 5.91 Å². The van der Waals surface area contributed by atoms with Gasteiger partial charge in [-0.1, -0.05) is 19.9 Å². The van der Waals surface area contributed by atoms with Crippen LogP contribution in [0, 0.1) is 0 Å². The monoisotopic (exact) mass is 458 g/mol. The van der Waals surface area contributed by atoms with Crippen LogP contribution in [0.4, 0.5) is 4.79 Å². The van der Waals surface area contributed by atoms with Crippen LogP contribution in [0.5, 0.6) is 5.75 Å². The third kappa shape index (κ3) is 8.00. The van der Waals surface area contributed by atoms with Gasteiger partial charge >= 0.3 is 6.09 Å². The molecular weight excluding hydrogens is 416 g/mol. The van der Waals surface area contributed by atoms with Crippen molar-refractivity contribution in [2.75, 3.05) is 45.8 Å². The van der Waals surface area contributed by atoms with Gasteiger partial charge in [-0.2, -0.15) is 0 Å². The summed E-state index contributed by atoms with van der Waals surface area (Å²) in [5, 5.41) is 6.07. The minimum Gasteiger partial charge on any atom is -0.410 e. The Balaban J connectivity index is 1.51. The van der Waals surface area contributed by atoms with E-state index in [0.717, 1.165) is 77.8 Å². The molecule has 1 aromatic rings. The Morgan fingerprint density at radius 2 is 2.03 bits per heavy atom. The maximum absolute atomic E-state index is 12.2. The molecule has 0 spiro atoms. The molecule has 1 aromatic carbocycles. The smallest absolute Gasteiger partial charge is 0.410 e. The molecule has 1 aliphatic carbocycles. The van der Waals surface area contributed by atoms with Crippen molar-refractivity contribution in [3.05, 3.63) is 29.3 Å². The third-order valence-electron chi connectivity index (χ3n) is 6.69. The molecule has 3 rings (SSSR count). The van der Waals surface area contributed by atoms with Crippen molar-refractivity contribution in [1.82, 2.24) is 20.4 Å². The topological polar surface area (TPSA) is 73.9 Å². The van der Waals surface area contributed by atoms with Gasteiger partial charge in [-0.05, 0) is 81.3 Å². The van der Waals surface area contributed by atoms with Crippen LogP contribution < -0.4 is 15.4 Å². The Hall–Kier alpha value is -2.12. The second-order valence-electron chi connectivity index (χ2n) is 9.27. The van der Waals surface area contributed by atoms with Gasteiger partial charge < -0.3 is 25.2 Å². The zero-order valence-electron chi connectivity index (χ0n) is 20.5. The Kier molecular flexibility index (Phi) is 10.5. The Morgan fingerprint density at radius 1 is 1.15 bits per heavy atom. The third-order valence-corrected chi connectivity index (χ3v) is 6.69. The number of amides is 2. The van der Waals surface area contributed by atoms with E-state index in [4.69, 9.17) is 4.74 Å². The van der Waals surface area contributed by atoms with Gasteiger partial charge in [0.1, 0.15) is 5.75 Å². The van der Waals surface area contributed by atoms with Crippen LogP contribution >= 0.6 is 0 Å². The van der Waals surface area contributed by atoms with E-state index in [9.17, 15) is 9.59 Å². The first kappa shape index (κ1) is 25.5. The lowest BCUT2D eigenvalue weighted by Gasteiger charge is -2.35. The normalized spacial score (nSPS) is 18.7. The number of carbonyl (C=O) groups is 2. The molecule has 184 valence electrons. The van der Waals surface area contributed by atoms with Gasteiger partial charge in [0, 0.05) is 45.2 Å². The summed E-state index contributed by atoms with van der Waals surface area (Å²) in [4.78, 5) is 28.8. The van der Waals surface area contributed by atoms with E-state index in [0.29, 0.717) is 24.8 Å². The minimum atomic E-state index is -0.379. The molecule has 0 radical (unpaired) electrons. The largest absolute Gasteiger partial charge is 0.412 e. The lowest BCUT2D eigenvalue weighted by molar-refractivity contribution is -0.130. The summed E-state index contributed by atoms with van der Waals surface area (Å²) in [6.45, 7) is 10.5. The number of nitrogens with zero attached hydrogens (tertiary/aromatic N) is 2. The van der Waals surface area contributed by atoms with E-state index in [1.807, 2.05) is 17.9 Å². The van der Waals surface area contributed by atoms with E-state index in [1.165, 1.54) is 17.5 Å². The number of hydrogen-bond acceptors (Lipinski definition) is 5. The molecule has 7 heteroatoms. The van der Waals surface area contributed by atoms with Crippen molar-refractivity contribution >= 4 is 12.0 Å². The van der Waals surface area contributed by atoms with Crippen LogP contribution in [-0.4, -0.2) is 73.7 Å². The zero-order valence-corrected chi connectivity index (χ0v) is 20.5. The van der Waals surface area contributed by atoms with Gasteiger partial charge in [-0.25, -0.2) is 4.79 Å². The number of ether oxygens (including phenoxy) is 1. The second kappa shape index (κ2) is 13.6. The molecule has 1 heterocycles. The highest BCUT2D eigenvalue weighted by molar-refractivity contribution is 5.76. The molecule has 1 aliphatic heterocycles. The van der Waals surface area contributed by atoms with E-state index in [2.05, 4.69) is 34.6 Å². The average molecular weight is 459 g/mol. The molecule has 7 nitrogen and oxygen atoms in total. The summed E-state index contributed by atoms with van der Waals surface area (Å²) in [5.41, 5.74) is 2.67. The fourth-order valence-electron chi connectivity index (χ4n) is 4.89. The van der Waals surface area contributed by atoms with Crippen LogP contribution in [0.2, 0.25) is 0 Å². The number of benzene rings is 1. The standard InChI is InChI=1S/C26H42N4O3/c1-3-12-28-26(32)33-24-10-8-21-7-9-23(19-22(21)20-24)29(15-4-2)16-5-6-17-30-18-14-27-13-11-25(30)31/h8,10,20,23,27H,3-7,9,11-19H2,1-2H3,(H,28,32). The van der Waals surface area contributed by atoms with Crippen LogP contribution in [0.25, 0.3) is 0 Å². The van der Waals surface area contributed by atoms with Crippen LogP contribution in [0.3, 0.4) is 0 Å². The van der Waals surface area contributed by atoms with Crippen molar-refractivity contribution in [3.63, 3.8) is 0 Å². The van der Waals surface area contributed by atoms with Crippen molar-refractivity contribution in [2.45, 2.75) is 71.3 Å². The highest BCUT2D eigenvalue weighted by Crippen LogP contribution is 2.28. The summed E-state index contributed by atoms with van der Waals surface area (Å²) < 4.78 is 5.48. The number of aryl methyl sites for hydroxylation is 1. The summed E-state index contributed by atoms with van der Waals surface area (Å²) in [6.07, 6.45) is 7.67. The van der Waals surface area contributed by atoms with E-state index in [1.54, 1.807) is 0 Å². The lowest BCUT2D eigenvalue weighted by atomic mass is 9.87. The van der Waals surface area contributed by atoms with Gasteiger partial charge in [0.15, 0.2) is 0 Å². The second-order valence-corrected chi connectivity index (χ2v) is 9.27. The SMILES string of the molecule is CCCNC(=O)Oc1ccc2c(c1)CC(N(CCC)CCCCN1CCNCCC1=O)CC2. The van der Waals surface area contributed by atoms with Gasteiger partial charge in [-0.15, -0.1) is 0 Å². The molecule has 1 unspecified atom stereocenters. The number of fused-ring (bicyclic) bond motifs is 1. The predicted octanol–water partition coefficient (Wildman–Crippen LogP) is 3.36. The van der Waals surface area contributed by atoms with E-state index in [-0.39, 0.29) is 12.0 Å². The first-order valence-electron chi connectivity index (χ1n) is 12.9. The molecule has 2 aliphatic rings. The maximum Gasteiger partial charge on any atom is 0.412 e. The molecule has 0 bridgehead atoms. The summed E-state index contributed by atoms with van der Waals surface area (Å²) in [6, 6.07) is 6.60. The number of hydrogen-bond donors (Lipinski definition) is 2. The van der Waals surface area contributed by atoms with Crippen LogP contribution in [0.1, 0.15) is 63.5 Å². The highest BCUT2D eigenvalue weighted by Gasteiger charge is 2.24. The quantitative estimate of drug-likeness (QED) is 0.498. The molecule has 2 N–H and O–H groups in total.